The third kappa shape index (κ3) is 4.22. The molecule has 5 nitrogen and oxygen atoms in total. The van der Waals surface area contributed by atoms with Gasteiger partial charge in [-0.05, 0) is 30.9 Å². The van der Waals surface area contributed by atoms with Gasteiger partial charge in [-0.3, -0.25) is 14.3 Å². The summed E-state index contributed by atoms with van der Waals surface area (Å²) in [4.78, 5) is 23.8. The number of aryl methyl sites for hydroxylation is 1. The minimum absolute atomic E-state index is 0.0472. The average Bonchev–Trinajstić information content (AvgIpc) is 3.12. The standard InChI is InChI=1S/C19H25N3O2/c23-18-14-21-22(17-10-4-3-9-16(17)18)13-11-19(24)20-12-5-8-15-6-1-2-7-15/h3-4,9-10,14-15H,1-2,5-8,11-13H2,(H,20,24). The van der Waals surface area contributed by atoms with Crippen molar-refractivity contribution in [2.24, 2.45) is 5.92 Å². The van der Waals surface area contributed by atoms with Gasteiger partial charge in [0.25, 0.3) is 0 Å². The number of fused-ring (bicyclic) bond motifs is 1. The number of aromatic nitrogens is 2. The molecule has 128 valence electrons. The first kappa shape index (κ1) is 16.7. The molecule has 0 unspecified atom stereocenters. The van der Waals surface area contributed by atoms with Gasteiger partial charge in [-0.1, -0.05) is 37.8 Å². The van der Waals surface area contributed by atoms with Gasteiger partial charge in [0.05, 0.1) is 18.3 Å². The van der Waals surface area contributed by atoms with E-state index in [0.29, 0.717) is 18.4 Å². The van der Waals surface area contributed by atoms with Crippen molar-refractivity contribution in [2.45, 2.75) is 51.5 Å². The van der Waals surface area contributed by atoms with Crippen LogP contribution in [0.5, 0.6) is 0 Å². The lowest BCUT2D eigenvalue weighted by molar-refractivity contribution is -0.121. The Labute approximate surface area is 142 Å². The summed E-state index contributed by atoms with van der Waals surface area (Å²) >= 11 is 0. The summed E-state index contributed by atoms with van der Waals surface area (Å²) in [6.45, 7) is 1.24. The van der Waals surface area contributed by atoms with Crippen LogP contribution < -0.4 is 10.7 Å². The molecule has 3 rings (SSSR count). The van der Waals surface area contributed by atoms with E-state index in [0.717, 1.165) is 24.4 Å². The number of amides is 1. The molecule has 1 amide bonds. The third-order valence-corrected chi connectivity index (χ3v) is 4.90. The first-order chi connectivity index (χ1) is 11.7. The summed E-state index contributed by atoms with van der Waals surface area (Å²) in [5, 5.41) is 7.79. The van der Waals surface area contributed by atoms with Crippen LogP contribution in [0.4, 0.5) is 0 Å². The van der Waals surface area contributed by atoms with E-state index in [-0.39, 0.29) is 11.3 Å². The largest absolute Gasteiger partial charge is 0.356 e. The quantitative estimate of drug-likeness (QED) is 0.795. The average molecular weight is 327 g/mol. The minimum Gasteiger partial charge on any atom is -0.356 e. The number of para-hydroxylation sites is 1. The molecule has 1 heterocycles. The topological polar surface area (TPSA) is 64.0 Å². The summed E-state index contributed by atoms with van der Waals surface area (Å²) in [6, 6.07) is 7.37. The first-order valence-corrected chi connectivity index (χ1v) is 8.95. The third-order valence-electron chi connectivity index (χ3n) is 4.90. The van der Waals surface area contributed by atoms with Crippen LogP contribution in [0.15, 0.2) is 35.3 Å². The molecule has 2 aromatic rings. The molecule has 1 aliphatic rings. The SMILES string of the molecule is O=C(CCn1ncc(=O)c2ccccc21)NCCCC1CCCC1. The Kier molecular flexibility index (Phi) is 5.62. The molecule has 1 aromatic heterocycles. The Bertz CT molecular complexity index is 748. The second-order valence-electron chi connectivity index (χ2n) is 6.64. The van der Waals surface area contributed by atoms with Gasteiger partial charge in [0.2, 0.25) is 11.3 Å². The fourth-order valence-electron chi connectivity index (χ4n) is 3.55. The predicted octanol–water partition coefficient (Wildman–Crippen LogP) is 2.87. The van der Waals surface area contributed by atoms with Crippen molar-refractivity contribution in [1.29, 1.82) is 0 Å². The number of nitrogens with one attached hydrogen (secondary N) is 1. The molecule has 0 atom stereocenters. The van der Waals surface area contributed by atoms with Crippen molar-refractivity contribution in [3.05, 3.63) is 40.7 Å². The molecule has 0 radical (unpaired) electrons. The minimum atomic E-state index is -0.0850. The van der Waals surface area contributed by atoms with Crippen LogP contribution >= 0.6 is 0 Å². The molecular formula is C19H25N3O2. The van der Waals surface area contributed by atoms with Crippen molar-refractivity contribution >= 4 is 16.8 Å². The van der Waals surface area contributed by atoms with Crippen LogP contribution in [0.1, 0.15) is 44.9 Å². The maximum Gasteiger partial charge on any atom is 0.221 e. The monoisotopic (exact) mass is 327 g/mol. The van der Waals surface area contributed by atoms with Gasteiger partial charge in [0, 0.05) is 18.4 Å². The molecule has 0 saturated heterocycles. The zero-order valence-corrected chi connectivity index (χ0v) is 14.0. The van der Waals surface area contributed by atoms with E-state index in [4.69, 9.17) is 0 Å². The highest BCUT2D eigenvalue weighted by Gasteiger charge is 2.14. The van der Waals surface area contributed by atoms with Crippen molar-refractivity contribution in [3.63, 3.8) is 0 Å². The van der Waals surface area contributed by atoms with Gasteiger partial charge >= 0.3 is 0 Å². The number of hydrogen-bond acceptors (Lipinski definition) is 3. The number of benzene rings is 1. The van der Waals surface area contributed by atoms with Crippen LogP contribution in [-0.2, 0) is 11.3 Å². The maximum atomic E-state index is 12.0. The summed E-state index contributed by atoms with van der Waals surface area (Å²) < 4.78 is 1.73. The van der Waals surface area contributed by atoms with Crippen molar-refractivity contribution < 1.29 is 4.79 Å². The van der Waals surface area contributed by atoms with E-state index < -0.39 is 0 Å². The fraction of sp³-hybridized carbons (Fsp3) is 0.526. The molecule has 1 fully saturated rings. The lowest BCUT2D eigenvalue weighted by atomic mass is 10.0. The molecule has 0 aliphatic heterocycles. The van der Waals surface area contributed by atoms with Crippen LogP contribution in [0.3, 0.4) is 0 Å². The number of rotatable bonds is 7. The highest BCUT2D eigenvalue weighted by molar-refractivity contribution is 5.78. The fourth-order valence-corrected chi connectivity index (χ4v) is 3.55. The van der Waals surface area contributed by atoms with Gasteiger partial charge in [0.15, 0.2) is 0 Å². The van der Waals surface area contributed by atoms with E-state index in [1.165, 1.54) is 38.3 Å². The molecule has 1 saturated carbocycles. The number of carbonyl (C=O) groups excluding carboxylic acids is 1. The van der Waals surface area contributed by atoms with Crippen molar-refractivity contribution in [3.8, 4) is 0 Å². The number of carbonyl (C=O) groups is 1. The van der Waals surface area contributed by atoms with E-state index in [9.17, 15) is 9.59 Å². The molecule has 1 aliphatic carbocycles. The molecule has 1 N–H and O–H groups in total. The van der Waals surface area contributed by atoms with Gasteiger partial charge in [-0.15, -0.1) is 0 Å². The Hall–Kier alpha value is -2.17. The number of nitrogens with zero attached hydrogens (tertiary/aromatic N) is 2. The molecular weight excluding hydrogens is 302 g/mol. The highest BCUT2D eigenvalue weighted by atomic mass is 16.1. The molecule has 0 bridgehead atoms. The van der Waals surface area contributed by atoms with Crippen LogP contribution in [-0.4, -0.2) is 22.2 Å². The van der Waals surface area contributed by atoms with Crippen LogP contribution in [0.2, 0.25) is 0 Å². The summed E-state index contributed by atoms with van der Waals surface area (Å²) in [5.74, 6) is 0.921. The van der Waals surface area contributed by atoms with Crippen molar-refractivity contribution in [2.75, 3.05) is 6.54 Å². The Morgan fingerprint density at radius 3 is 2.88 bits per heavy atom. The highest BCUT2D eigenvalue weighted by Crippen LogP contribution is 2.28. The zero-order valence-electron chi connectivity index (χ0n) is 14.0. The van der Waals surface area contributed by atoms with Crippen molar-refractivity contribution in [1.82, 2.24) is 15.1 Å². The van der Waals surface area contributed by atoms with Gasteiger partial charge in [-0.25, -0.2) is 0 Å². The number of hydrogen-bond donors (Lipinski definition) is 1. The first-order valence-electron chi connectivity index (χ1n) is 8.95. The smallest absolute Gasteiger partial charge is 0.221 e. The normalized spacial score (nSPS) is 15.0. The predicted molar refractivity (Wildman–Crippen MR) is 94.8 cm³/mol. The van der Waals surface area contributed by atoms with Crippen LogP contribution in [0.25, 0.3) is 10.9 Å². The summed E-state index contributed by atoms with van der Waals surface area (Å²) in [6.07, 6.45) is 9.46. The van der Waals surface area contributed by atoms with E-state index in [2.05, 4.69) is 10.4 Å². The maximum absolute atomic E-state index is 12.0. The molecule has 0 spiro atoms. The van der Waals surface area contributed by atoms with Gasteiger partial charge < -0.3 is 5.32 Å². The second kappa shape index (κ2) is 8.08. The Balaban J connectivity index is 1.46. The lowest BCUT2D eigenvalue weighted by Gasteiger charge is -2.11. The van der Waals surface area contributed by atoms with E-state index in [1.807, 2.05) is 18.2 Å². The Morgan fingerprint density at radius 1 is 1.25 bits per heavy atom. The Morgan fingerprint density at radius 2 is 2.04 bits per heavy atom. The van der Waals surface area contributed by atoms with Gasteiger partial charge in [0.1, 0.15) is 0 Å². The lowest BCUT2D eigenvalue weighted by Crippen LogP contribution is -2.26. The van der Waals surface area contributed by atoms with Gasteiger partial charge in [-0.2, -0.15) is 5.10 Å². The molecule has 1 aromatic carbocycles. The van der Waals surface area contributed by atoms with Crippen LogP contribution in [0, 0.1) is 5.92 Å². The molecule has 5 heteroatoms. The summed E-state index contributed by atoms with van der Waals surface area (Å²) in [7, 11) is 0. The molecule has 24 heavy (non-hydrogen) atoms. The summed E-state index contributed by atoms with van der Waals surface area (Å²) in [5.41, 5.74) is 0.692. The van der Waals surface area contributed by atoms with E-state index in [1.54, 1.807) is 10.7 Å². The van der Waals surface area contributed by atoms with E-state index >= 15 is 0 Å². The second-order valence-corrected chi connectivity index (χ2v) is 6.64. The zero-order chi connectivity index (χ0) is 16.8.